The van der Waals surface area contributed by atoms with Gasteiger partial charge in [0.05, 0.1) is 0 Å². The van der Waals surface area contributed by atoms with Crippen LogP contribution in [0.4, 0.5) is 0 Å². The van der Waals surface area contributed by atoms with Crippen LogP contribution in [-0.2, 0) is 9.59 Å². The number of hydrogen-bond donors (Lipinski definition) is 0. The number of aryl methyl sites for hydroxylation is 2. The summed E-state index contributed by atoms with van der Waals surface area (Å²) in [6.45, 7) is 6.08. The van der Waals surface area contributed by atoms with Gasteiger partial charge in [0.15, 0.2) is 6.61 Å². The fourth-order valence-electron chi connectivity index (χ4n) is 2.30. The van der Waals surface area contributed by atoms with E-state index >= 15 is 0 Å². The van der Waals surface area contributed by atoms with Gasteiger partial charge in [0, 0.05) is 31.2 Å². The molecule has 1 aliphatic rings. The molecular weight excluding hydrogens is 292 g/mol. The van der Waals surface area contributed by atoms with Crippen molar-refractivity contribution in [1.82, 2.24) is 9.80 Å². The van der Waals surface area contributed by atoms with Gasteiger partial charge in [-0.1, -0.05) is 11.6 Å². The number of nitrogens with zero attached hydrogens (tertiary/aromatic N) is 2. The third kappa shape index (κ3) is 3.88. The fraction of sp³-hybridized carbons (Fsp3) is 0.467. The zero-order valence-corrected chi connectivity index (χ0v) is 13.0. The van der Waals surface area contributed by atoms with E-state index in [9.17, 15) is 9.59 Å². The van der Waals surface area contributed by atoms with Gasteiger partial charge in [-0.15, -0.1) is 0 Å². The minimum atomic E-state index is -0.0641. The molecule has 0 spiro atoms. The number of carbonyl (C=O) groups excluding carboxylic acids is 2. The minimum Gasteiger partial charge on any atom is -0.484 e. The van der Waals surface area contributed by atoms with Gasteiger partial charge in [-0.05, 0) is 37.1 Å². The second-order valence-corrected chi connectivity index (χ2v) is 5.56. The lowest BCUT2D eigenvalue weighted by atomic mass is 10.1. The van der Waals surface area contributed by atoms with E-state index < -0.39 is 0 Å². The van der Waals surface area contributed by atoms with Crippen LogP contribution in [0.15, 0.2) is 12.1 Å². The Kier molecular flexibility index (Phi) is 5.07. The number of halogens is 1. The zero-order valence-electron chi connectivity index (χ0n) is 12.3. The van der Waals surface area contributed by atoms with Crippen molar-refractivity contribution in [2.24, 2.45) is 0 Å². The molecule has 1 saturated heterocycles. The molecule has 0 aliphatic carbocycles. The summed E-state index contributed by atoms with van der Waals surface area (Å²) < 4.78 is 5.56. The number of piperazine rings is 1. The number of ether oxygens (including phenoxy) is 1. The van der Waals surface area contributed by atoms with Crippen molar-refractivity contribution in [3.63, 3.8) is 0 Å². The van der Waals surface area contributed by atoms with Crippen molar-refractivity contribution in [3.05, 3.63) is 28.3 Å². The van der Waals surface area contributed by atoms with Gasteiger partial charge in [-0.3, -0.25) is 9.59 Å². The summed E-state index contributed by atoms with van der Waals surface area (Å²) in [6, 6.07) is 3.65. The molecule has 0 saturated carbocycles. The van der Waals surface area contributed by atoms with E-state index in [4.69, 9.17) is 16.3 Å². The quantitative estimate of drug-likeness (QED) is 0.794. The summed E-state index contributed by atoms with van der Waals surface area (Å²) in [7, 11) is 0. The predicted molar refractivity (Wildman–Crippen MR) is 80.6 cm³/mol. The van der Waals surface area contributed by atoms with Crippen molar-refractivity contribution in [3.8, 4) is 5.75 Å². The monoisotopic (exact) mass is 310 g/mol. The molecule has 2 rings (SSSR count). The zero-order chi connectivity index (χ0) is 15.4. The summed E-state index contributed by atoms with van der Waals surface area (Å²) in [6.07, 6.45) is 0.817. The Morgan fingerprint density at radius 2 is 1.81 bits per heavy atom. The molecular formula is C15H19ClN2O3. The maximum atomic E-state index is 12.1. The van der Waals surface area contributed by atoms with Gasteiger partial charge in [0.25, 0.3) is 5.91 Å². The Morgan fingerprint density at radius 1 is 1.24 bits per heavy atom. The highest BCUT2D eigenvalue weighted by atomic mass is 35.5. The number of amides is 2. The first kappa shape index (κ1) is 15.6. The van der Waals surface area contributed by atoms with E-state index in [1.807, 2.05) is 26.0 Å². The average molecular weight is 311 g/mol. The van der Waals surface area contributed by atoms with Crippen LogP contribution in [0.2, 0.25) is 5.02 Å². The summed E-state index contributed by atoms with van der Waals surface area (Å²) >= 11 is 6.10. The second kappa shape index (κ2) is 6.80. The third-order valence-electron chi connectivity index (χ3n) is 3.59. The average Bonchev–Trinajstić information content (AvgIpc) is 2.50. The molecule has 1 aliphatic heterocycles. The maximum absolute atomic E-state index is 12.1. The summed E-state index contributed by atoms with van der Waals surface area (Å²) in [5.74, 6) is 0.583. The van der Waals surface area contributed by atoms with Crippen LogP contribution in [0.25, 0.3) is 0 Å². The number of rotatable bonds is 4. The Balaban J connectivity index is 1.88. The topological polar surface area (TPSA) is 49.9 Å². The smallest absolute Gasteiger partial charge is 0.260 e. The van der Waals surface area contributed by atoms with Crippen molar-refractivity contribution < 1.29 is 14.3 Å². The summed E-state index contributed by atoms with van der Waals surface area (Å²) in [5, 5.41) is 0.721. The van der Waals surface area contributed by atoms with Crippen molar-refractivity contribution in [2.45, 2.75) is 13.8 Å². The number of benzene rings is 1. The lowest BCUT2D eigenvalue weighted by molar-refractivity contribution is -0.137. The van der Waals surface area contributed by atoms with Gasteiger partial charge in [0.2, 0.25) is 6.41 Å². The normalized spacial score (nSPS) is 15.0. The van der Waals surface area contributed by atoms with Crippen molar-refractivity contribution in [1.29, 1.82) is 0 Å². The van der Waals surface area contributed by atoms with Gasteiger partial charge < -0.3 is 14.5 Å². The highest BCUT2D eigenvalue weighted by Gasteiger charge is 2.20. The van der Waals surface area contributed by atoms with E-state index in [2.05, 4.69) is 0 Å². The van der Waals surface area contributed by atoms with Crippen LogP contribution >= 0.6 is 11.6 Å². The molecule has 6 heteroatoms. The molecule has 1 heterocycles. The van der Waals surface area contributed by atoms with Gasteiger partial charge >= 0.3 is 0 Å². The summed E-state index contributed by atoms with van der Waals surface area (Å²) in [4.78, 5) is 26.1. The molecule has 0 bridgehead atoms. The summed E-state index contributed by atoms with van der Waals surface area (Å²) in [5.41, 5.74) is 1.86. The van der Waals surface area contributed by atoms with Crippen LogP contribution in [0.3, 0.4) is 0 Å². The molecule has 0 atom stereocenters. The van der Waals surface area contributed by atoms with Crippen LogP contribution in [0, 0.1) is 13.8 Å². The highest BCUT2D eigenvalue weighted by molar-refractivity contribution is 6.32. The number of carbonyl (C=O) groups is 2. The minimum absolute atomic E-state index is 0.00159. The maximum Gasteiger partial charge on any atom is 0.260 e. The molecule has 114 valence electrons. The van der Waals surface area contributed by atoms with Gasteiger partial charge in [-0.2, -0.15) is 0 Å². The van der Waals surface area contributed by atoms with E-state index in [0.29, 0.717) is 31.9 Å². The first-order valence-corrected chi connectivity index (χ1v) is 7.25. The Hall–Kier alpha value is -1.75. The second-order valence-electron chi connectivity index (χ2n) is 5.18. The van der Waals surface area contributed by atoms with Crippen LogP contribution in [0.1, 0.15) is 11.1 Å². The largest absolute Gasteiger partial charge is 0.484 e. The Morgan fingerprint density at radius 3 is 2.33 bits per heavy atom. The van der Waals surface area contributed by atoms with Gasteiger partial charge in [0.1, 0.15) is 5.75 Å². The highest BCUT2D eigenvalue weighted by Crippen LogP contribution is 2.25. The van der Waals surface area contributed by atoms with E-state index in [1.165, 1.54) is 0 Å². The van der Waals surface area contributed by atoms with E-state index in [0.717, 1.165) is 22.6 Å². The molecule has 1 aromatic carbocycles. The first-order valence-electron chi connectivity index (χ1n) is 6.88. The molecule has 21 heavy (non-hydrogen) atoms. The molecule has 0 unspecified atom stereocenters. The molecule has 1 fully saturated rings. The van der Waals surface area contributed by atoms with Crippen LogP contribution < -0.4 is 4.74 Å². The third-order valence-corrected chi connectivity index (χ3v) is 4.18. The van der Waals surface area contributed by atoms with Crippen LogP contribution in [-0.4, -0.2) is 54.9 Å². The molecule has 0 aromatic heterocycles. The lowest BCUT2D eigenvalue weighted by Crippen LogP contribution is -2.49. The SMILES string of the molecule is Cc1cc(OCC(=O)N2CCN(C=O)CC2)cc(C)c1Cl. The molecule has 0 radical (unpaired) electrons. The van der Waals surface area contributed by atoms with Crippen LogP contribution in [0.5, 0.6) is 5.75 Å². The lowest BCUT2D eigenvalue weighted by Gasteiger charge is -2.32. The molecule has 1 aromatic rings. The molecule has 2 amide bonds. The number of hydrogen-bond acceptors (Lipinski definition) is 3. The van der Waals surface area contributed by atoms with E-state index in [1.54, 1.807) is 9.80 Å². The molecule has 0 N–H and O–H groups in total. The standard InChI is InChI=1S/C15H19ClN2O3/c1-11-7-13(8-12(2)15(11)16)21-9-14(20)18-5-3-17(10-19)4-6-18/h7-8,10H,3-6,9H2,1-2H3. The first-order chi connectivity index (χ1) is 10.0. The van der Waals surface area contributed by atoms with Crippen molar-refractivity contribution in [2.75, 3.05) is 32.8 Å². The Labute approximate surface area is 129 Å². The van der Waals surface area contributed by atoms with Gasteiger partial charge in [-0.25, -0.2) is 0 Å². The predicted octanol–water partition coefficient (Wildman–Crippen LogP) is 1.64. The van der Waals surface area contributed by atoms with Crippen molar-refractivity contribution >= 4 is 23.9 Å². The Bertz CT molecular complexity index is 517. The molecule has 5 nitrogen and oxygen atoms in total. The van der Waals surface area contributed by atoms with E-state index in [-0.39, 0.29) is 12.5 Å². The fourth-order valence-corrected chi connectivity index (χ4v) is 2.41.